The number of fused-ring (bicyclic) bond motifs is 1. The van der Waals surface area contributed by atoms with Gasteiger partial charge in [-0.25, -0.2) is 0 Å². The van der Waals surface area contributed by atoms with Gasteiger partial charge in [-0.05, 0) is 55.2 Å². The van der Waals surface area contributed by atoms with Crippen molar-refractivity contribution in [3.63, 3.8) is 0 Å². The zero-order chi connectivity index (χ0) is 16.7. The minimum absolute atomic E-state index is 0.160. The molecule has 4 rings (SSSR count). The number of hydrogen-bond donors (Lipinski definition) is 0. The molecule has 3 aliphatic rings. The van der Waals surface area contributed by atoms with Crippen molar-refractivity contribution in [2.45, 2.75) is 32.1 Å². The van der Waals surface area contributed by atoms with E-state index in [0.29, 0.717) is 29.3 Å². The van der Waals surface area contributed by atoms with Gasteiger partial charge in [0.15, 0.2) is 0 Å². The first kappa shape index (κ1) is 15.6. The van der Waals surface area contributed by atoms with Crippen LogP contribution in [0.5, 0.6) is 5.75 Å². The van der Waals surface area contributed by atoms with Crippen LogP contribution in [0.3, 0.4) is 0 Å². The number of hydrogen-bond acceptors (Lipinski definition) is 4. The Morgan fingerprint density at radius 2 is 1.92 bits per heavy atom. The van der Waals surface area contributed by atoms with Crippen molar-refractivity contribution in [2.24, 2.45) is 11.3 Å². The Balaban J connectivity index is 1.57. The summed E-state index contributed by atoms with van der Waals surface area (Å²) >= 11 is 0. The van der Waals surface area contributed by atoms with Crippen molar-refractivity contribution < 1.29 is 19.1 Å². The first-order chi connectivity index (χ1) is 11.6. The summed E-state index contributed by atoms with van der Waals surface area (Å²) in [6, 6.07) is 5.12. The van der Waals surface area contributed by atoms with E-state index in [1.54, 1.807) is 25.3 Å². The van der Waals surface area contributed by atoms with Crippen molar-refractivity contribution in [3.05, 3.63) is 29.3 Å². The van der Waals surface area contributed by atoms with Gasteiger partial charge in [-0.1, -0.05) is 6.42 Å². The van der Waals surface area contributed by atoms with Crippen LogP contribution in [-0.4, -0.2) is 43.6 Å². The van der Waals surface area contributed by atoms with Gasteiger partial charge in [0.2, 0.25) is 0 Å². The molecule has 2 heterocycles. The van der Waals surface area contributed by atoms with Crippen molar-refractivity contribution >= 4 is 11.8 Å². The van der Waals surface area contributed by atoms with E-state index < -0.39 is 0 Å². The van der Waals surface area contributed by atoms with Crippen LogP contribution in [0.1, 0.15) is 52.8 Å². The summed E-state index contributed by atoms with van der Waals surface area (Å²) in [5.41, 5.74) is 1.23. The summed E-state index contributed by atoms with van der Waals surface area (Å²) in [5, 5.41) is 0. The number of carbonyl (C=O) groups is 2. The summed E-state index contributed by atoms with van der Waals surface area (Å²) in [6.07, 6.45) is 5.57. The number of benzene rings is 1. The highest BCUT2D eigenvalue weighted by Gasteiger charge is 2.47. The van der Waals surface area contributed by atoms with Crippen molar-refractivity contribution in [1.82, 2.24) is 4.90 Å². The Bertz CT molecular complexity index is 678. The predicted molar refractivity (Wildman–Crippen MR) is 88.2 cm³/mol. The average molecular weight is 329 g/mol. The molecule has 1 aliphatic carbocycles. The second-order valence-corrected chi connectivity index (χ2v) is 7.20. The molecule has 1 spiro atoms. The molecule has 2 fully saturated rings. The monoisotopic (exact) mass is 329 g/mol. The molecule has 0 N–H and O–H groups in total. The fraction of sp³-hybridized carbons (Fsp3) is 0.579. The molecule has 5 nitrogen and oxygen atoms in total. The lowest BCUT2D eigenvalue weighted by Crippen LogP contribution is -2.42. The van der Waals surface area contributed by atoms with Crippen molar-refractivity contribution in [1.29, 1.82) is 0 Å². The van der Waals surface area contributed by atoms with Crippen LogP contribution in [0.25, 0.3) is 0 Å². The van der Waals surface area contributed by atoms with Crippen LogP contribution >= 0.6 is 0 Å². The van der Waals surface area contributed by atoms with E-state index in [2.05, 4.69) is 0 Å². The van der Waals surface area contributed by atoms with Gasteiger partial charge in [0, 0.05) is 19.8 Å². The molecule has 2 aliphatic heterocycles. The molecule has 2 amide bonds. The van der Waals surface area contributed by atoms with E-state index in [4.69, 9.17) is 9.47 Å². The van der Waals surface area contributed by atoms with E-state index in [1.165, 1.54) is 17.7 Å². The van der Waals surface area contributed by atoms with E-state index >= 15 is 0 Å². The third-order valence-corrected chi connectivity index (χ3v) is 6.16. The third-order valence-electron chi connectivity index (χ3n) is 6.16. The predicted octanol–water partition coefficient (Wildman–Crippen LogP) is 2.89. The number of imide groups is 1. The molecule has 1 aromatic rings. The lowest BCUT2D eigenvalue weighted by Gasteiger charge is -2.40. The maximum absolute atomic E-state index is 12.8. The topological polar surface area (TPSA) is 55.8 Å². The van der Waals surface area contributed by atoms with Gasteiger partial charge >= 0.3 is 0 Å². The van der Waals surface area contributed by atoms with Gasteiger partial charge in [-0.2, -0.15) is 0 Å². The highest BCUT2D eigenvalue weighted by molar-refractivity contribution is 6.21. The molecular weight excluding hydrogens is 306 g/mol. The Kier molecular flexibility index (Phi) is 3.83. The molecule has 0 bridgehead atoms. The van der Waals surface area contributed by atoms with E-state index in [0.717, 1.165) is 32.5 Å². The van der Waals surface area contributed by atoms with Crippen LogP contribution in [0.2, 0.25) is 0 Å². The second-order valence-electron chi connectivity index (χ2n) is 7.20. The van der Waals surface area contributed by atoms with Gasteiger partial charge in [0.1, 0.15) is 5.75 Å². The number of ether oxygens (including phenoxy) is 2. The summed E-state index contributed by atoms with van der Waals surface area (Å²) in [6.45, 7) is 2.14. The molecule has 1 atom stereocenters. The molecule has 5 heteroatoms. The third kappa shape index (κ3) is 2.34. The highest BCUT2D eigenvalue weighted by atomic mass is 16.5. The lowest BCUT2D eigenvalue weighted by molar-refractivity contribution is -0.0112. The molecule has 1 aromatic carbocycles. The molecule has 128 valence electrons. The maximum atomic E-state index is 12.8. The van der Waals surface area contributed by atoms with Crippen molar-refractivity contribution in [2.75, 3.05) is 26.9 Å². The number of nitrogens with zero attached hydrogens (tertiary/aromatic N) is 1. The number of amides is 2. The summed E-state index contributed by atoms with van der Waals surface area (Å²) in [4.78, 5) is 26.9. The minimum atomic E-state index is -0.178. The summed E-state index contributed by atoms with van der Waals surface area (Å²) in [5.74, 6) is 0.666. The molecule has 1 saturated carbocycles. The fourth-order valence-corrected chi connectivity index (χ4v) is 4.71. The highest BCUT2D eigenvalue weighted by Crippen LogP contribution is 2.50. The van der Waals surface area contributed by atoms with Gasteiger partial charge in [0.05, 0.1) is 18.2 Å². The molecule has 1 saturated heterocycles. The second kappa shape index (κ2) is 5.88. The van der Waals surface area contributed by atoms with E-state index in [-0.39, 0.29) is 17.2 Å². The zero-order valence-electron chi connectivity index (χ0n) is 14.0. The number of carbonyl (C=O) groups excluding carboxylic acids is 2. The smallest absolute Gasteiger partial charge is 0.261 e. The van der Waals surface area contributed by atoms with Crippen LogP contribution in [0, 0.1) is 11.3 Å². The number of rotatable bonds is 3. The number of methoxy groups -OCH3 is 1. The summed E-state index contributed by atoms with van der Waals surface area (Å²) < 4.78 is 10.7. The van der Waals surface area contributed by atoms with Crippen LogP contribution < -0.4 is 4.74 Å². The van der Waals surface area contributed by atoms with E-state index in [9.17, 15) is 9.59 Å². The maximum Gasteiger partial charge on any atom is 0.261 e. The standard InChI is InChI=1S/C19H23NO4/c1-23-14-4-5-15-16(11-14)18(22)20(17(15)21)12-13-3-2-6-19(13)7-9-24-10-8-19/h4-5,11,13H,2-3,6-10,12H2,1H3. The molecule has 24 heavy (non-hydrogen) atoms. The zero-order valence-corrected chi connectivity index (χ0v) is 14.0. The van der Waals surface area contributed by atoms with Crippen LogP contribution in [0.4, 0.5) is 0 Å². The summed E-state index contributed by atoms with van der Waals surface area (Å²) in [7, 11) is 1.56. The van der Waals surface area contributed by atoms with E-state index in [1.807, 2.05) is 0 Å². The molecule has 1 unspecified atom stereocenters. The molecule has 0 aromatic heterocycles. The first-order valence-corrected chi connectivity index (χ1v) is 8.77. The fourth-order valence-electron chi connectivity index (χ4n) is 4.71. The van der Waals surface area contributed by atoms with Crippen LogP contribution in [0.15, 0.2) is 18.2 Å². The van der Waals surface area contributed by atoms with Gasteiger partial charge in [-0.3, -0.25) is 14.5 Å². The minimum Gasteiger partial charge on any atom is -0.497 e. The van der Waals surface area contributed by atoms with Crippen molar-refractivity contribution in [3.8, 4) is 5.75 Å². The normalized spacial score (nSPS) is 25.4. The molecular formula is C19H23NO4. The lowest BCUT2D eigenvalue weighted by atomic mass is 9.71. The Morgan fingerprint density at radius 1 is 1.17 bits per heavy atom. The Labute approximate surface area is 141 Å². The Hall–Kier alpha value is -1.88. The quantitative estimate of drug-likeness (QED) is 0.800. The Morgan fingerprint density at radius 3 is 2.67 bits per heavy atom. The SMILES string of the molecule is COc1ccc2c(c1)C(=O)N(CC1CCCC13CCOCC3)C2=O. The van der Waals surface area contributed by atoms with Crippen LogP contribution in [-0.2, 0) is 4.74 Å². The molecule has 0 radical (unpaired) electrons. The van der Waals surface area contributed by atoms with Gasteiger partial charge in [0.25, 0.3) is 11.8 Å². The first-order valence-electron chi connectivity index (χ1n) is 8.77. The van der Waals surface area contributed by atoms with Gasteiger partial charge in [-0.15, -0.1) is 0 Å². The van der Waals surface area contributed by atoms with Gasteiger partial charge < -0.3 is 9.47 Å². The largest absolute Gasteiger partial charge is 0.497 e. The average Bonchev–Trinajstić information content (AvgIpc) is 3.10.